The average molecular weight is 379 g/mol. The van der Waals surface area contributed by atoms with Gasteiger partial charge in [0.05, 0.1) is 5.92 Å². The molecule has 2 aliphatic rings. The minimum absolute atomic E-state index is 0.106. The van der Waals surface area contributed by atoms with Gasteiger partial charge in [0.15, 0.2) is 0 Å². The van der Waals surface area contributed by atoms with Gasteiger partial charge in [-0.15, -0.1) is 0 Å². The van der Waals surface area contributed by atoms with Gasteiger partial charge in [0.2, 0.25) is 5.91 Å². The molecule has 3 heterocycles. The third-order valence-electron chi connectivity index (χ3n) is 6.10. The Morgan fingerprint density at radius 2 is 1.71 bits per heavy atom. The molecule has 0 radical (unpaired) electrons. The average Bonchev–Trinajstić information content (AvgIpc) is 2.76. The van der Waals surface area contributed by atoms with Crippen LogP contribution in [0.15, 0.2) is 42.7 Å². The summed E-state index contributed by atoms with van der Waals surface area (Å²) < 4.78 is 0. The van der Waals surface area contributed by atoms with Gasteiger partial charge in [-0.25, -0.2) is 0 Å². The highest BCUT2D eigenvalue weighted by Gasteiger charge is 2.31. The molecule has 2 aromatic rings. The van der Waals surface area contributed by atoms with Gasteiger partial charge in [0, 0.05) is 63.0 Å². The van der Waals surface area contributed by atoms with Crippen molar-refractivity contribution in [1.82, 2.24) is 9.88 Å². The van der Waals surface area contributed by atoms with Gasteiger partial charge < -0.3 is 14.7 Å². The van der Waals surface area contributed by atoms with Crippen LogP contribution in [-0.2, 0) is 4.79 Å². The van der Waals surface area contributed by atoms with E-state index >= 15 is 0 Å². The largest absolute Gasteiger partial charge is 0.371 e. The molecule has 0 bridgehead atoms. The molecule has 0 saturated carbocycles. The summed E-state index contributed by atoms with van der Waals surface area (Å²) in [6.45, 7) is 9.61. The summed E-state index contributed by atoms with van der Waals surface area (Å²) in [5, 5.41) is 0. The molecule has 0 N–H and O–H groups in total. The Bertz CT molecular complexity index is 815. The van der Waals surface area contributed by atoms with Crippen LogP contribution in [0.3, 0.4) is 0 Å². The molecule has 1 atom stereocenters. The van der Waals surface area contributed by atoms with Crippen LogP contribution in [0.1, 0.15) is 24.0 Å². The van der Waals surface area contributed by atoms with E-state index in [1.807, 2.05) is 24.5 Å². The van der Waals surface area contributed by atoms with E-state index in [1.165, 1.54) is 22.5 Å². The summed E-state index contributed by atoms with van der Waals surface area (Å²) in [6.07, 6.45) is 5.72. The number of anilines is 2. The monoisotopic (exact) mass is 378 g/mol. The minimum Gasteiger partial charge on any atom is -0.371 e. The summed E-state index contributed by atoms with van der Waals surface area (Å²) >= 11 is 0. The molecule has 148 valence electrons. The molecule has 4 rings (SSSR count). The lowest BCUT2D eigenvalue weighted by atomic mass is 9.95. The van der Waals surface area contributed by atoms with Gasteiger partial charge in [-0.05, 0) is 56.0 Å². The normalized spacial score (nSPS) is 20.4. The third-order valence-corrected chi connectivity index (χ3v) is 6.10. The maximum atomic E-state index is 13.2. The summed E-state index contributed by atoms with van der Waals surface area (Å²) in [7, 11) is 0. The zero-order valence-corrected chi connectivity index (χ0v) is 17.0. The first-order valence-electron chi connectivity index (χ1n) is 10.4. The first-order valence-corrected chi connectivity index (χ1v) is 10.4. The van der Waals surface area contributed by atoms with E-state index in [9.17, 15) is 4.79 Å². The molecule has 1 amide bonds. The molecule has 5 heteroatoms. The van der Waals surface area contributed by atoms with Gasteiger partial charge in [-0.3, -0.25) is 9.78 Å². The summed E-state index contributed by atoms with van der Waals surface area (Å²) in [5.41, 5.74) is 5.09. The van der Waals surface area contributed by atoms with E-state index in [1.54, 1.807) is 0 Å². The fourth-order valence-corrected chi connectivity index (χ4v) is 4.45. The smallest absolute Gasteiger partial charge is 0.227 e. The number of aromatic nitrogens is 1. The number of pyridine rings is 1. The summed E-state index contributed by atoms with van der Waals surface area (Å²) in [6, 6.07) is 10.7. The topological polar surface area (TPSA) is 39.7 Å². The quantitative estimate of drug-likeness (QED) is 0.822. The van der Waals surface area contributed by atoms with E-state index in [0.717, 1.165) is 52.1 Å². The fourth-order valence-electron chi connectivity index (χ4n) is 4.45. The predicted octanol–water partition coefficient (Wildman–Crippen LogP) is 3.26. The maximum Gasteiger partial charge on any atom is 0.227 e. The van der Waals surface area contributed by atoms with Crippen molar-refractivity contribution >= 4 is 17.3 Å². The highest BCUT2D eigenvalue weighted by Crippen LogP contribution is 2.26. The SMILES string of the molecule is Cc1ccc(C)c(N2CCN(C(=O)[C@H]3CCCN(c4ccncc4)C3)CC2)c1. The van der Waals surface area contributed by atoms with E-state index in [2.05, 4.69) is 51.7 Å². The van der Waals surface area contributed by atoms with Crippen LogP contribution in [0.5, 0.6) is 0 Å². The molecule has 0 spiro atoms. The number of rotatable bonds is 3. The van der Waals surface area contributed by atoms with Crippen molar-refractivity contribution in [3.63, 3.8) is 0 Å². The molecule has 5 nitrogen and oxygen atoms in total. The van der Waals surface area contributed by atoms with E-state index in [-0.39, 0.29) is 5.92 Å². The van der Waals surface area contributed by atoms with E-state index in [4.69, 9.17) is 0 Å². The number of carbonyl (C=O) groups excluding carboxylic acids is 1. The van der Waals surface area contributed by atoms with Gasteiger partial charge in [-0.2, -0.15) is 0 Å². The highest BCUT2D eigenvalue weighted by molar-refractivity contribution is 5.80. The third kappa shape index (κ3) is 3.98. The van der Waals surface area contributed by atoms with Crippen molar-refractivity contribution in [2.45, 2.75) is 26.7 Å². The highest BCUT2D eigenvalue weighted by atomic mass is 16.2. The van der Waals surface area contributed by atoms with Crippen LogP contribution >= 0.6 is 0 Å². The van der Waals surface area contributed by atoms with Crippen molar-refractivity contribution in [1.29, 1.82) is 0 Å². The van der Waals surface area contributed by atoms with Crippen LogP contribution in [0.4, 0.5) is 11.4 Å². The fraction of sp³-hybridized carbons (Fsp3) is 0.478. The van der Waals surface area contributed by atoms with Crippen LogP contribution in [-0.4, -0.2) is 55.1 Å². The first-order chi connectivity index (χ1) is 13.6. The second-order valence-electron chi connectivity index (χ2n) is 8.09. The number of piperidine rings is 1. The van der Waals surface area contributed by atoms with Gasteiger partial charge in [-0.1, -0.05) is 12.1 Å². The van der Waals surface area contributed by atoms with Gasteiger partial charge >= 0.3 is 0 Å². The maximum absolute atomic E-state index is 13.2. The second kappa shape index (κ2) is 8.21. The van der Waals surface area contributed by atoms with Crippen molar-refractivity contribution in [3.8, 4) is 0 Å². The van der Waals surface area contributed by atoms with E-state index in [0.29, 0.717) is 5.91 Å². The molecule has 2 aliphatic heterocycles. The molecule has 2 saturated heterocycles. The molecule has 28 heavy (non-hydrogen) atoms. The lowest BCUT2D eigenvalue weighted by Crippen LogP contribution is -2.52. The molecular weight excluding hydrogens is 348 g/mol. The minimum atomic E-state index is 0.106. The Morgan fingerprint density at radius 1 is 0.964 bits per heavy atom. The Kier molecular flexibility index (Phi) is 5.51. The number of amides is 1. The number of piperazine rings is 1. The van der Waals surface area contributed by atoms with Crippen LogP contribution in [0.25, 0.3) is 0 Å². The molecule has 0 unspecified atom stereocenters. The number of hydrogen-bond donors (Lipinski definition) is 0. The van der Waals surface area contributed by atoms with Crippen molar-refractivity contribution in [2.24, 2.45) is 5.92 Å². The lowest BCUT2D eigenvalue weighted by Gasteiger charge is -2.40. The Morgan fingerprint density at radius 3 is 2.46 bits per heavy atom. The van der Waals surface area contributed by atoms with Crippen LogP contribution < -0.4 is 9.80 Å². The van der Waals surface area contributed by atoms with Crippen molar-refractivity contribution in [3.05, 3.63) is 53.9 Å². The number of hydrogen-bond acceptors (Lipinski definition) is 4. The molecule has 0 aliphatic carbocycles. The van der Waals surface area contributed by atoms with Crippen LogP contribution in [0, 0.1) is 19.8 Å². The first kappa shape index (κ1) is 18.8. The predicted molar refractivity (Wildman–Crippen MR) is 114 cm³/mol. The molecule has 1 aromatic carbocycles. The van der Waals surface area contributed by atoms with E-state index < -0.39 is 0 Å². The standard InChI is InChI=1S/C23H30N4O/c1-18-5-6-19(2)22(16-18)25-12-14-26(15-13-25)23(28)20-4-3-11-27(17-20)21-7-9-24-10-8-21/h5-10,16,20H,3-4,11-15,17H2,1-2H3/t20-/m0/s1. The number of nitrogens with zero attached hydrogens (tertiary/aromatic N) is 4. The van der Waals surface area contributed by atoms with Gasteiger partial charge in [0.1, 0.15) is 0 Å². The zero-order chi connectivity index (χ0) is 19.5. The van der Waals surface area contributed by atoms with Crippen molar-refractivity contribution in [2.75, 3.05) is 49.1 Å². The number of carbonyl (C=O) groups is 1. The Hall–Kier alpha value is -2.56. The van der Waals surface area contributed by atoms with Gasteiger partial charge in [0.25, 0.3) is 0 Å². The lowest BCUT2D eigenvalue weighted by molar-refractivity contribution is -0.136. The Labute approximate surface area is 168 Å². The number of aryl methyl sites for hydroxylation is 2. The van der Waals surface area contributed by atoms with Crippen molar-refractivity contribution < 1.29 is 4.79 Å². The summed E-state index contributed by atoms with van der Waals surface area (Å²) in [5.74, 6) is 0.438. The van der Waals surface area contributed by atoms with Crippen LogP contribution in [0.2, 0.25) is 0 Å². The summed E-state index contributed by atoms with van der Waals surface area (Å²) in [4.78, 5) is 24.1. The molecule has 1 aromatic heterocycles. The molecular formula is C23H30N4O. The second-order valence-corrected chi connectivity index (χ2v) is 8.09. The Balaban J connectivity index is 1.36. The zero-order valence-electron chi connectivity index (χ0n) is 17.0. The molecule has 2 fully saturated rings. The number of benzene rings is 1.